The first kappa shape index (κ1) is 13.1. The van der Waals surface area contributed by atoms with E-state index in [1.165, 1.54) is 0 Å². The summed E-state index contributed by atoms with van der Waals surface area (Å²) >= 11 is 0. The zero-order chi connectivity index (χ0) is 11.0. The minimum atomic E-state index is -1.57. The second-order valence-corrected chi connectivity index (χ2v) is 8.16. The molecule has 0 fully saturated rings. The smallest absolute Gasteiger partial charge is 0.242 e. The molecule has 14 heavy (non-hydrogen) atoms. The van der Waals surface area contributed by atoms with Gasteiger partial charge in [0, 0.05) is 6.08 Å². The zero-order valence-electron chi connectivity index (χ0n) is 9.66. The Hall–Kier alpha value is -0.903. The van der Waals surface area contributed by atoms with Gasteiger partial charge in [0.1, 0.15) is 12.0 Å². The summed E-state index contributed by atoms with van der Waals surface area (Å²) in [7, 11) is 0.0265. The second kappa shape index (κ2) is 6.54. The van der Waals surface area contributed by atoms with Crippen molar-refractivity contribution in [1.82, 2.24) is 0 Å². The van der Waals surface area contributed by atoms with Crippen molar-refractivity contribution >= 4 is 8.32 Å². The SMILES string of the molecule is CCO/C=C/C(=C/OC)O[Si](C)(C)C. The van der Waals surface area contributed by atoms with Crippen molar-refractivity contribution in [3.63, 3.8) is 0 Å². The normalized spacial score (nSPS) is 13.1. The van der Waals surface area contributed by atoms with E-state index in [9.17, 15) is 0 Å². The van der Waals surface area contributed by atoms with E-state index in [0.29, 0.717) is 12.4 Å². The van der Waals surface area contributed by atoms with Crippen molar-refractivity contribution in [3.8, 4) is 0 Å². The largest absolute Gasteiger partial charge is 0.542 e. The van der Waals surface area contributed by atoms with Gasteiger partial charge in [0.2, 0.25) is 8.32 Å². The summed E-state index contributed by atoms with van der Waals surface area (Å²) in [6.45, 7) is 8.94. The van der Waals surface area contributed by atoms with Gasteiger partial charge in [-0.2, -0.15) is 0 Å². The molecular weight excluding hydrogens is 196 g/mol. The Morgan fingerprint density at radius 3 is 2.36 bits per heavy atom. The van der Waals surface area contributed by atoms with E-state index >= 15 is 0 Å². The quantitative estimate of drug-likeness (QED) is 0.388. The number of rotatable bonds is 6. The molecule has 0 saturated heterocycles. The molecular formula is C10H20O3Si. The lowest BCUT2D eigenvalue weighted by molar-refractivity contribution is 0.265. The minimum absolute atomic E-state index is 0.656. The van der Waals surface area contributed by atoms with Crippen molar-refractivity contribution in [3.05, 3.63) is 24.4 Å². The van der Waals surface area contributed by atoms with Gasteiger partial charge in [-0.15, -0.1) is 0 Å². The topological polar surface area (TPSA) is 27.7 Å². The maximum absolute atomic E-state index is 5.73. The number of allylic oxidation sites excluding steroid dienone is 1. The Morgan fingerprint density at radius 2 is 1.93 bits per heavy atom. The molecule has 0 unspecified atom stereocenters. The summed E-state index contributed by atoms with van der Waals surface area (Å²) in [5, 5.41) is 0. The summed E-state index contributed by atoms with van der Waals surface area (Å²) in [6.07, 6.45) is 4.96. The molecule has 0 aromatic rings. The van der Waals surface area contributed by atoms with Gasteiger partial charge in [-0.05, 0) is 26.6 Å². The third-order valence-corrected chi connectivity index (χ3v) is 2.00. The van der Waals surface area contributed by atoms with Gasteiger partial charge >= 0.3 is 0 Å². The first-order valence-electron chi connectivity index (χ1n) is 4.69. The van der Waals surface area contributed by atoms with Crippen LogP contribution in [0.4, 0.5) is 0 Å². The molecule has 0 spiro atoms. The summed E-state index contributed by atoms with van der Waals surface area (Å²) in [4.78, 5) is 0. The molecule has 0 atom stereocenters. The van der Waals surface area contributed by atoms with E-state index in [4.69, 9.17) is 13.9 Å². The standard InChI is InChI=1S/C10H20O3Si/c1-6-12-8-7-10(9-11-2)13-14(3,4)5/h7-9H,6H2,1-5H3/b8-7+,10-9-. The first-order chi connectivity index (χ1) is 6.49. The fourth-order valence-corrected chi connectivity index (χ4v) is 1.60. The highest BCUT2D eigenvalue weighted by atomic mass is 28.4. The Labute approximate surface area is 87.5 Å². The first-order valence-corrected chi connectivity index (χ1v) is 8.10. The predicted molar refractivity (Wildman–Crippen MR) is 60.3 cm³/mol. The molecule has 0 aliphatic rings. The van der Waals surface area contributed by atoms with Crippen molar-refractivity contribution in [2.24, 2.45) is 0 Å². The van der Waals surface area contributed by atoms with Crippen LogP contribution in [0.25, 0.3) is 0 Å². The predicted octanol–water partition coefficient (Wildman–Crippen LogP) is 2.88. The van der Waals surface area contributed by atoms with Gasteiger partial charge in [0.05, 0.1) is 20.0 Å². The Balaban J connectivity index is 4.24. The highest BCUT2D eigenvalue weighted by Crippen LogP contribution is 2.11. The van der Waals surface area contributed by atoms with Gasteiger partial charge in [0.25, 0.3) is 0 Å². The number of methoxy groups -OCH3 is 1. The number of hydrogen-bond donors (Lipinski definition) is 0. The molecule has 0 N–H and O–H groups in total. The molecule has 3 nitrogen and oxygen atoms in total. The van der Waals surface area contributed by atoms with Crippen LogP contribution in [0.3, 0.4) is 0 Å². The van der Waals surface area contributed by atoms with E-state index in [1.54, 1.807) is 25.7 Å². The van der Waals surface area contributed by atoms with Crippen LogP contribution < -0.4 is 0 Å². The second-order valence-electron chi connectivity index (χ2n) is 3.73. The summed E-state index contributed by atoms with van der Waals surface area (Å²) in [5.41, 5.74) is 0. The molecule has 0 amide bonds. The molecule has 0 aromatic carbocycles. The van der Waals surface area contributed by atoms with Gasteiger partial charge in [0.15, 0.2) is 0 Å². The molecule has 0 aliphatic heterocycles. The zero-order valence-corrected chi connectivity index (χ0v) is 10.7. The van der Waals surface area contributed by atoms with Crippen LogP contribution in [0.2, 0.25) is 19.6 Å². The fraction of sp³-hybridized carbons (Fsp3) is 0.600. The van der Waals surface area contributed by atoms with Crippen LogP contribution in [0.5, 0.6) is 0 Å². The van der Waals surface area contributed by atoms with Crippen molar-refractivity contribution in [2.75, 3.05) is 13.7 Å². The van der Waals surface area contributed by atoms with Crippen LogP contribution in [0.15, 0.2) is 24.4 Å². The minimum Gasteiger partial charge on any atom is -0.542 e. The van der Waals surface area contributed by atoms with Crippen molar-refractivity contribution < 1.29 is 13.9 Å². The molecule has 0 radical (unpaired) electrons. The lowest BCUT2D eigenvalue weighted by Crippen LogP contribution is -2.24. The molecule has 0 saturated carbocycles. The molecule has 82 valence electrons. The van der Waals surface area contributed by atoms with Crippen LogP contribution in [0, 0.1) is 0 Å². The average molecular weight is 216 g/mol. The van der Waals surface area contributed by atoms with E-state index in [2.05, 4.69) is 19.6 Å². The van der Waals surface area contributed by atoms with Gasteiger partial charge in [-0.25, -0.2) is 0 Å². The van der Waals surface area contributed by atoms with Gasteiger partial charge in [-0.3, -0.25) is 0 Å². The summed E-state index contributed by atoms with van der Waals surface area (Å²) in [5.74, 6) is 0.708. The van der Waals surface area contributed by atoms with Gasteiger partial charge < -0.3 is 13.9 Å². The van der Waals surface area contributed by atoms with Crippen molar-refractivity contribution in [1.29, 1.82) is 0 Å². The molecule has 0 bridgehead atoms. The van der Waals surface area contributed by atoms with Crippen LogP contribution in [-0.2, 0) is 13.9 Å². The van der Waals surface area contributed by atoms with E-state index in [-0.39, 0.29) is 0 Å². The highest BCUT2D eigenvalue weighted by molar-refractivity contribution is 6.70. The average Bonchev–Trinajstić information content (AvgIpc) is 2.02. The highest BCUT2D eigenvalue weighted by Gasteiger charge is 2.16. The van der Waals surface area contributed by atoms with Crippen LogP contribution in [0.1, 0.15) is 6.92 Å². The number of ether oxygens (including phenoxy) is 2. The lowest BCUT2D eigenvalue weighted by Gasteiger charge is -2.19. The van der Waals surface area contributed by atoms with Gasteiger partial charge in [-0.1, -0.05) is 0 Å². The summed E-state index contributed by atoms with van der Waals surface area (Å²) in [6, 6.07) is 0. The third kappa shape index (κ3) is 7.73. The van der Waals surface area contributed by atoms with Crippen LogP contribution in [-0.4, -0.2) is 22.0 Å². The van der Waals surface area contributed by atoms with E-state index in [1.807, 2.05) is 6.92 Å². The fourth-order valence-electron chi connectivity index (χ4n) is 0.778. The lowest BCUT2D eigenvalue weighted by atomic mass is 10.5. The Kier molecular flexibility index (Phi) is 6.11. The van der Waals surface area contributed by atoms with E-state index < -0.39 is 8.32 Å². The molecule has 0 rings (SSSR count). The monoisotopic (exact) mass is 216 g/mol. The summed E-state index contributed by atoms with van der Waals surface area (Å²) < 4.78 is 15.7. The third-order valence-electron chi connectivity index (χ3n) is 1.15. The molecule has 4 heteroatoms. The Bertz CT molecular complexity index is 204. The maximum atomic E-state index is 5.73. The number of hydrogen-bond acceptors (Lipinski definition) is 3. The van der Waals surface area contributed by atoms with E-state index in [0.717, 1.165) is 0 Å². The molecule has 0 aliphatic carbocycles. The van der Waals surface area contributed by atoms with Crippen molar-refractivity contribution in [2.45, 2.75) is 26.6 Å². The Morgan fingerprint density at radius 1 is 1.29 bits per heavy atom. The van der Waals surface area contributed by atoms with Crippen LogP contribution >= 0.6 is 0 Å². The maximum Gasteiger partial charge on any atom is 0.242 e. The molecule has 0 heterocycles. The molecule has 0 aromatic heterocycles.